The molecule has 0 saturated carbocycles. The number of para-hydroxylation sites is 1. The Morgan fingerprint density at radius 2 is 1.96 bits per heavy atom. The number of hydrogen-bond acceptors (Lipinski definition) is 4. The van der Waals surface area contributed by atoms with Crippen LogP contribution in [0.15, 0.2) is 42.5 Å². The lowest BCUT2D eigenvalue weighted by Crippen LogP contribution is -2.37. The van der Waals surface area contributed by atoms with Crippen molar-refractivity contribution in [3.8, 4) is 0 Å². The fourth-order valence-corrected chi connectivity index (χ4v) is 3.37. The molecule has 2 amide bonds. The molecule has 7 nitrogen and oxygen atoms in total. The number of nitro groups is 1. The molecule has 27 heavy (non-hydrogen) atoms. The number of nitrogens with zero attached hydrogens (tertiary/aromatic N) is 2. The summed E-state index contributed by atoms with van der Waals surface area (Å²) in [7, 11) is 0. The number of nitro benzene ring substituents is 1. The molecule has 2 aromatic carbocycles. The Bertz CT molecular complexity index is 895. The second-order valence-corrected chi connectivity index (χ2v) is 6.49. The van der Waals surface area contributed by atoms with Gasteiger partial charge in [0.15, 0.2) is 0 Å². The Hall–Kier alpha value is -3.22. The van der Waals surface area contributed by atoms with Crippen LogP contribution in [0.2, 0.25) is 0 Å². The Kier molecular flexibility index (Phi) is 5.49. The highest BCUT2D eigenvalue weighted by Gasteiger charge is 2.22. The highest BCUT2D eigenvalue weighted by atomic mass is 16.6. The maximum absolute atomic E-state index is 12.6. The van der Waals surface area contributed by atoms with Crippen LogP contribution >= 0.6 is 0 Å². The van der Waals surface area contributed by atoms with Crippen LogP contribution in [0.25, 0.3) is 0 Å². The van der Waals surface area contributed by atoms with Gasteiger partial charge in [-0.3, -0.25) is 19.7 Å². The van der Waals surface area contributed by atoms with Crippen LogP contribution in [0.4, 0.5) is 11.4 Å². The van der Waals surface area contributed by atoms with Gasteiger partial charge in [0.05, 0.1) is 4.92 Å². The first-order valence-corrected chi connectivity index (χ1v) is 8.89. The van der Waals surface area contributed by atoms with Gasteiger partial charge in [0.2, 0.25) is 5.91 Å². The van der Waals surface area contributed by atoms with Crippen LogP contribution in [0.3, 0.4) is 0 Å². The average molecular weight is 367 g/mol. The van der Waals surface area contributed by atoms with Crippen molar-refractivity contribution in [2.24, 2.45) is 0 Å². The predicted octanol–water partition coefficient (Wildman–Crippen LogP) is 3.00. The van der Waals surface area contributed by atoms with E-state index in [1.54, 1.807) is 17.9 Å². The summed E-state index contributed by atoms with van der Waals surface area (Å²) >= 11 is 0. The molecule has 0 aliphatic carbocycles. The number of rotatable bonds is 5. The highest BCUT2D eigenvalue weighted by Crippen LogP contribution is 2.27. The number of benzene rings is 2. The van der Waals surface area contributed by atoms with Gasteiger partial charge in [-0.2, -0.15) is 0 Å². The van der Waals surface area contributed by atoms with E-state index in [0.29, 0.717) is 12.1 Å². The summed E-state index contributed by atoms with van der Waals surface area (Å²) in [6.45, 7) is 2.40. The smallest absolute Gasteiger partial charge is 0.273 e. The van der Waals surface area contributed by atoms with E-state index < -0.39 is 10.8 Å². The number of fused-ring (bicyclic) bond motifs is 1. The molecule has 0 saturated heterocycles. The van der Waals surface area contributed by atoms with E-state index in [2.05, 4.69) is 5.32 Å². The number of carbonyl (C=O) groups excluding carboxylic acids is 2. The van der Waals surface area contributed by atoms with Crippen molar-refractivity contribution >= 4 is 23.2 Å². The molecule has 1 aliphatic heterocycles. The third-order valence-electron chi connectivity index (χ3n) is 4.78. The first-order chi connectivity index (χ1) is 13.0. The summed E-state index contributed by atoms with van der Waals surface area (Å²) in [5.74, 6) is -0.457. The lowest BCUT2D eigenvalue weighted by Gasteiger charge is -2.29. The third kappa shape index (κ3) is 3.97. The second kappa shape index (κ2) is 7.99. The summed E-state index contributed by atoms with van der Waals surface area (Å²) in [5, 5.41) is 13.7. The largest absolute Gasteiger partial charge is 0.352 e. The molecule has 2 aromatic rings. The van der Waals surface area contributed by atoms with Crippen molar-refractivity contribution in [3.05, 3.63) is 69.3 Å². The molecule has 0 atom stereocenters. The van der Waals surface area contributed by atoms with Gasteiger partial charge < -0.3 is 10.2 Å². The van der Waals surface area contributed by atoms with Gasteiger partial charge in [-0.15, -0.1) is 0 Å². The zero-order chi connectivity index (χ0) is 19.4. The summed E-state index contributed by atoms with van der Waals surface area (Å²) in [4.78, 5) is 37.2. The molecular formula is C20H21N3O4. The predicted molar refractivity (Wildman–Crippen MR) is 102 cm³/mol. The minimum absolute atomic E-state index is 0.0433. The van der Waals surface area contributed by atoms with Gasteiger partial charge >= 0.3 is 0 Å². The zero-order valence-corrected chi connectivity index (χ0v) is 15.1. The molecule has 0 spiro atoms. The van der Waals surface area contributed by atoms with Crippen molar-refractivity contribution < 1.29 is 14.5 Å². The van der Waals surface area contributed by atoms with Gasteiger partial charge in [0.25, 0.3) is 11.6 Å². The van der Waals surface area contributed by atoms with Crippen molar-refractivity contribution in [1.82, 2.24) is 5.32 Å². The minimum atomic E-state index is -0.510. The lowest BCUT2D eigenvalue weighted by molar-refractivity contribution is -0.385. The van der Waals surface area contributed by atoms with E-state index in [-0.39, 0.29) is 30.1 Å². The first kappa shape index (κ1) is 18.6. The molecule has 0 unspecified atom stereocenters. The quantitative estimate of drug-likeness (QED) is 0.649. The van der Waals surface area contributed by atoms with E-state index in [4.69, 9.17) is 0 Å². The average Bonchev–Trinajstić information content (AvgIpc) is 2.67. The zero-order valence-electron chi connectivity index (χ0n) is 15.1. The number of amides is 2. The molecule has 3 rings (SSSR count). The first-order valence-electron chi connectivity index (χ1n) is 8.89. The van der Waals surface area contributed by atoms with E-state index in [1.807, 2.05) is 24.3 Å². The molecule has 1 heterocycles. The van der Waals surface area contributed by atoms with Crippen molar-refractivity contribution in [2.45, 2.75) is 26.2 Å². The number of aryl methyl sites for hydroxylation is 1. The van der Waals surface area contributed by atoms with Crippen molar-refractivity contribution in [1.29, 1.82) is 0 Å². The van der Waals surface area contributed by atoms with Gasteiger partial charge in [-0.1, -0.05) is 24.3 Å². The molecule has 140 valence electrons. The highest BCUT2D eigenvalue weighted by molar-refractivity contribution is 5.98. The molecule has 0 fully saturated rings. The Morgan fingerprint density at radius 1 is 1.19 bits per heavy atom. The number of nitrogens with one attached hydrogen (secondary N) is 1. The van der Waals surface area contributed by atoms with E-state index in [9.17, 15) is 19.7 Å². The molecule has 0 bridgehead atoms. The molecule has 7 heteroatoms. The fraction of sp³-hybridized carbons (Fsp3) is 0.300. The topological polar surface area (TPSA) is 92.6 Å². The maximum atomic E-state index is 12.6. The van der Waals surface area contributed by atoms with E-state index in [1.165, 1.54) is 12.1 Å². The number of anilines is 1. The van der Waals surface area contributed by atoms with Crippen molar-refractivity contribution in [2.75, 3.05) is 18.0 Å². The van der Waals surface area contributed by atoms with Gasteiger partial charge in [0, 0.05) is 42.4 Å². The third-order valence-corrected chi connectivity index (χ3v) is 4.78. The van der Waals surface area contributed by atoms with E-state index in [0.717, 1.165) is 24.1 Å². The second-order valence-electron chi connectivity index (χ2n) is 6.49. The fourth-order valence-electron chi connectivity index (χ4n) is 3.37. The Morgan fingerprint density at radius 3 is 2.74 bits per heavy atom. The van der Waals surface area contributed by atoms with E-state index >= 15 is 0 Å². The van der Waals surface area contributed by atoms with Gasteiger partial charge in [-0.05, 0) is 37.5 Å². The van der Waals surface area contributed by atoms with Crippen LogP contribution in [-0.4, -0.2) is 29.8 Å². The monoisotopic (exact) mass is 367 g/mol. The van der Waals surface area contributed by atoms with Crippen molar-refractivity contribution in [3.63, 3.8) is 0 Å². The van der Waals surface area contributed by atoms with Crippen LogP contribution in [0, 0.1) is 17.0 Å². The van der Waals surface area contributed by atoms with Gasteiger partial charge in [-0.25, -0.2) is 0 Å². The van der Waals surface area contributed by atoms with Crippen LogP contribution < -0.4 is 10.2 Å². The summed E-state index contributed by atoms with van der Waals surface area (Å²) < 4.78 is 0. The molecule has 1 N–H and O–H groups in total. The SMILES string of the molecule is Cc1c(C(=O)NCCC(=O)N2CCCc3ccccc32)cccc1[N+](=O)[O-]. The Balaban J connectivity index is 1.61. The number of carbonyl (C=O) groups is 2. The maximum Gasteiger partial charge on any atom is 0.273 e. The normalized spacial score (nSPS) is 13.0. The minimum Gasteiger partial charge on any atom is -0.352 e. The lowest BCUT2D eigenvalue weighted by atomic mass is 10.0. The standard InChI is InChI=1S/C20H21N3O4/c1-14-16(8-4-10-17(14)23(26)27)20(25)21-12-11-19(24)22-13-5-7-15-6-2-3-9-18(15)22/h2-4,6,8-10H,5,7,11-13H2,1H3,(H,21,25). The van der Waals surface area contributed by atoms with Crippen LogP contribution in [-0.2, 0) is 11.2 Å². The molecule has 0 aromatic heterocycles. The summed E-state index contributed by atoms with van der Waals surface area (Å²) in [6.07, 6.45) is 2.05. The molecule has 0 radical (unpaired) electrons. The Labute approximate surface area is 157 Å². The van der Waals surface area contributed by atoms with Crippen LogP contribution in [0.5, 0.6) is 0 Å². The number of hydrogen-bond donors (Lipinski definition) is 1. The van der Waals surface area contributed by atoms with Gasteiger partial charge in [0.1, 0.15) is 0 Å². The molecule has 1 aliphatic rings. The summed E-state index contributed by atoms with van der Waals surface area (Å²) in [6, 6.07) is 12.2. The van der Waals surface area contributed by atoms with Crippen LogP contribution in [0.1, 0.15) is 34.3 Å². The molecular weight excluding hydrogens is 346 g/mol. The summed E-state index contributed by atoms with van der Waals surface area (Å²) in [5.41, 5.74) is 2.57.